The van der Waals surface area contributed by atoms with Gasteiger partial charge in [0.2, 0.25) is 0 Å². The maximum atomic E-state index is 8.64. The van der Waals surface area contributed by atoms with Crippen LogP contribution in [0.5, 0.6) is 5.75 Å². The fourth-order valence-electron chi connectivity index (χ4n) is 1.47. The number of nitrogens with zero attached hydrogens (tertiary/aromatic N) is 1. The predicted octanol–water partition coefficient (Wildman–Crippen LogP) is 4.07. The number of ether oxygens (including phenoxy) is 1. The molecular formula is C15H19NO. The van der Waals surface area contributed by atoms with Crippen LogP contribution in [0.15, 0.2) is 36.4 Å². The fraction of sp³-hybridized carbons (Fsp3) is 0.400. The summed E-state index contributed by atoms with van der Waals surface area (Å²) in [4.78, 5) is 0. The number of allylic oxidation sites excluding steroid dienone is 1. The van der Waals surface area contributed by atoms with Gasteiger partial charge in [0.05, 0.1) is 11.6 Å². The van der Waals surface area contributed by atoms with Crippen molar-refractivity contribution in [1.82, 2.24) is 0 Å². The molecule has 0 unspecified atom stereocenters. The van der Waals surface area contributed by atoms with E-state index in [0.717, 1.165) is 12.2 Å². The summed E-state index contributed by atoms with van der Waals surface area (Å²) in [6.07, 6.45) is 9.15. The molecule has 2 heteroatoms. The van der Waals surface area contributed by atoms with Crippen molar-refractivity contribution in [2.45, 2.75) is 32.6 Å². The van der Waals surface area contributed by atoms with Crippen LogP contribution >= 0.6 is 0 Å². The summed E-state index contributed by atoms with van der Waals surface area (Å²) in [7, 11) is 0. The average molecular weight is 229 g/mol. The molecule has 1 rings (SSSR count). The van der Waals surface area contributed by atoms with Crippen molar-refractivity contribution in [3.05, 3.63) is 42.0 Å². The van der Waals surface area contributed by atoms with Crippen LogP contribution < -0.4 is 4.74 Å². The van der Waals surface area contributed by atoms with Crippen LogP contribution in [-0.2, 0) is 0 Å². The Labute approximate surface area is 104 Å². The van der Waals surface area contributed by atoms with Crippen molar-refractivity contribution < 1.29 is 4.74 Å². The minimum absolute atomic E-state index is 0.595. The molecule has 0 aromatic heterocycles. The van der Waals surface area contributed by atoms with E-state index in [1.165, 1.54) is 19.3 Å². The second-order valence-corrected chi connectivity index (χ2v) is 3.91. The zero-order chi connectivity index (χ0) is 12.3. The molecule has 0 heterocycles. The lowest BCUT2D eigenvalue weighted by atomic mass is 10.2. The van der Waals surface area contributed by atoms with E-state index < -0.39 is 0 Å². The zero-order valence-corrected chi connectivity index (χ0v) is 10.4. The second kappa shape index (κ2) is 8.41. The highest BCUT2D eigenvalue weighted by molar-refractivity contribution is 5.34. The van der Waals surface area contributed by atoms with E-state index in [1.807, 2.05) is 18.2 Å². The van der Waals surface area contributed by atoms with Gasteiger partial charge < -0.3 is 4.74 Å². The molecule has 0 fully saturated rings. The lowest BCUT2D eigenvalue weighted by Crippen LogP contribution is -1.93. The van der Waals surface area contributed by atoms with Crippen LogP contribution in [0.3, 0.4) is 0 Å². The fourth-order valence-corrected chi connectivity index (χ4v) is 1.47. The van der Waals surface area contributed by atoms with Gasteiger partial charge in [-0.3, -0.25) is 0 Å². The number of unbranched alkanes of at least 4 members (excludes halogenated alkanes) is 3. The Morgan fingerprint density at radius 2 is 1.94 bits per heavy atom. The number of nitriles is 1. The Balaban J connectivity index is 2.19. The molecule has 0 saturated heterocycles. The Bertz CT molecular complexity index is 373. The topological polar surface area (TPSA) is 33.0 Å². The smallest absolute Gasteiger partial charge is 0.119 e. The number of rotatable bonds is 7. The van der Waals surface area contributed by atoms with Crippen molar-refractivity contribution in [2.75, 3.05) is 6.61 Å². The Kier molecular flexibility index (Phi) is 6.59. The molecule has 0 bridgehead atoms. The van der Waals surface area contributed by atoms with Gasteiger partial charge in [-0.1, -0.05) is 31.9 Å². The van der Waals surface area contributed by atoms with Crippen LogP contribution in [0.1, 0.15) is 38.2 Å². The molecule has 0 aliphatic heterocycles. The molecule has 0 N–H and O–H groups in total. The standard InChI is InChI=1S/C15H19NO/c1-2-3-4-5-6-7-12-17-15-10-8-14(13-16)9-11-15/h6-11H,2-5,12H2,1H3/b7-6+. The van der Waals surface area contributed by atoms with Crippen molar-refractivity contribution in [3.63, 3.8) is 0 Å². The minimum Gasteiger partial charge on any atom is -0.490 e. The van der Waals surface area contributed by atoms with Crippen molar-refractivity contribution in [1.29, 1.82) is 5.26 Å². The second-order valence-electron chi connectivity index (χ2n) is 3.91. The summed E-state index contributed by atoms with van der Waals surface area (Å²) in [6, 6.07) is 9.25. The average Bonchev–Trinajstić information content (AvgIpc) is 2.38. The van der Waals surface area contributed by atoms with E-state index in [1.54, 1.807) is 12.1 Å². The zero-order valence-electron chi connectivity index (χ0n) is 10.4. The van der Waals surface area contributed by atoms with Gasteiger partial charge in [0.25, 0.3) is 0 Å². The SMILES string of the molecule is CCCCC/C=C/COc1ccc(C#N)cc1. The first kappa shape index (κ1) is 13.3. The maximum Gasteiger partial charge on any atom is 0.119 e. The number of hydrogen-bond acceptors (Lipinski definition) is 2. The molecule has 17 heavy (non-hydrogen) atoms. The first-order chi connectivity index (χ1) is 8.36. The molecule has 0 atom stereocenters. The summed E-state index contributed by atoms with van der Waals surface area (Å²) in [5.41, 5.74) is 0.660. The van der Waals surface area contributed by atoms with Crippen LogP contribution in [0.2, 0.25) is 0 Å². The summed E-state index contributed by atoms with van der Waals surface area (Å²) in [5, 5.41) is 8.64. The molecule has 90 valence electrons. The van der Waals surface area contributed by atoms with Gasteiger partial charge in [-0.25, -0.2) is 0 Å². The van der Waals surface area contributed by atoms with Crippen molar-refractivity contribution in [2.24, 2.45) is 0 Å². The van der Waals surface area contributed by atoms with Gasteiger partial charge in [-0.2, -0.15) is 5.26 Å². The van der Waals surface area contributed by atoms with Gasteiger partial charge >= 0.3 is 0 Å². The molecular weight excluding hydrogens is 210 g/mol. The first-order valence-electron chi connectivity index (χ1n) is 6.14. The molecule has 0 spiro atoms. The lowest BCUT2D eigenvalue weighted by Gasteiger charge is -2.02. The maximum absolute atomic E-state index is 8.64. The molecule has 1 aromatic carbocycles. The molecule has 0 aliphatic rings. The molecule has 1 aromatic rings. The van der Waals surface area contributed by atoms with Crippen molar-refractivity contribution >= 4 is 0 Å². The summed E-state index contributed by atoms with van der Waals surface area (Å²) in [6.45, 7) is 2.80. The third kappa shape index (κ3) is 5.77. The largest absolute Gasteiger partial charge is 0.490 e. The lowest BCUT2D eigenvalue weighted by molar-refractivity contribution is 0.362. The molecule has 2 nitrogen and oxygen atoms in total. The number of benzene rings is 1. The summed E-state index contributed by atoms with van der Waals surface area (Å²) < 4.78 is 5.52. The molecule has 0 amide bonds. The highest BCUT2D eigenvalue weighted by Gasteiger charge is 1.92. The molecule has 0 radical (unpaired) electrons. The Morgan fingerprint density at radius 3 is 2.59 bits per heavy atom. The van der Waals surface area contributed by atoms with Crippen LogP contribution in [-0.4, -0.2) is 6.61 Å². The van der Waals surface area contributed by atoms with E-state index in [2.05, 4.69) is 19.1 Å². The van der Waals surface area contributed by atoms with Gasteiger partial charge in [0, 0.05) is 0 Å². The normalized spacial score (nSPS) is 10.4. The minimum atomic E-state index is 0.595. The third-order valence-electron chi connectivity index (χ3n) is 2.47. The van der Waals surface area contributed by atoms with Crippen LogP contribution in [0.4, 0.5) is 0 Å². The molecule has 0 saturated carbocycles. The molecule has 0 aliphatic carbocycles. The van der Waals surface area contributed by atoms with E-state index in [9.17, 15) is 0 Å². The van der Waals surface area contributed by atoms with Gasteiger partial charge in [-0.05, 0) is 37.1 Å². The predicted molar refractivity (Wildman–Crippen MR) is 69.9 cm³/mol. The number of hydrogen-bond donors (Lipinski definition) is 0. The van der Waals surface area contributed by atoms with E-state index in [-0.39, 0.29) is 0 Å². The summed E-state index contributed by atoms with van der Waals surface area (Å²) >= 11 is 0. The van der Waals surface area contributed by atoms with E-state index in [4.69, 9.17) is 10.00 Å². The Hall–Kier alpha value is -1.75. The highest BCUT2D eigenvalue weighted by atomic mass is 16.5. The van der Waals surface area contributed by atoms with Gasteiger partial charge in [-0.15, -0.1) is 0 Å². The van der Waals surface area contributed by atoms with Crippen LogP contribution in [0.25, 0.3) is 0 Å². The monoisotopic (exact) mass is 229 g/mol. The highest BCUT2D eigenvalue weighted by Crippen LogP contribution is 2.11. The first-order valence-corrected chi connectivity index (χ1v) is 6.14. The third-order valence-corrected chi connectivity index (χ3v) is 2.47. The van der Waals surface area contributed by atoms with E-state index >= 15 is 0 Å². The summed E-state index contributed by atoms with van der Waals surface area (Å²) in [5.74, 6) is 0.808. The van der Waals surface area contributed by atoms with Gasteiger partial charge in [0.1, 0.15) is 12.4 Å². The van der Waals surface area contributed by atoms with Crippen LogP contribution in [0, 0.1) is 11.3 Å². The Morgan fingerprint density at radius 1 is 1.18 bits per heavy atom. The van der Waals surface area contributed by atoms with Crippen molar-refractivity contribution in [3.8, 4) is 11.8 Å². The van der Waals surface area contributed by atoms with E-state index in [0.29, 0.717) is 12.2 Å². The van der Waals surface area contributed by atoms with Gasteiger partial charge in [0.15, 0.2) is 0 Å². The quantitative estimate of drug-likeness (QED) is 0.521.